The lowest BCUT2D eigenvalue weighted by molar-refractivity contribution is 0.108. The van der Waals surface area contributed by atoms with Crippen LogP contribution in [-0.2, 0) is 4.74 Å². The fourth-order valence-corrected chi connectivity index (χ4v) is 3.45. The van der Waals surface area contributed by atoms with Crippen LogP contribution in [0.2, 0.25) is 0 Å². The first-order valence-electron chi connectivity index (χ1n) is 11.3. The van der Waals surface area contributed by atoms with E-state index in [4.69, 9.17) is 9.47 Å². The van der Waals surface area contributed by atoms with Crippen LogP contribution in [0.1, 0.15) is 26.7 Å². The molecule has 30 heavy (non-hydrogen) atoms. The molecule has 0 saturated carbocycles. The predicted molar refractivity (Wildman–Crippen MR) is 126 cm³/mol. The topological polar surface area (TPSA) is 61.4 Å². The van der Waals surface area contributed by atoms with Gasteiger partial charge in [-0.05, 0) is 49.6 Å². The molecule has 0 aliphatic carbocycles. The molecule has 0 amide bonds. The first kappa shape index (κ1) is 24.3. The van der Waals surface area contributed by atoms with Crippen molar-refractivity contribution in [2.45, 2.75) is 26.7 Å². The molecule has 1 aliphatic heterocycles. The third-order valence-corrected chi connectivity index (χ3v) is 5.19. The van der Waals surface area contributed by atoms with Gasteiger partial charge in [-0.15, -0.1) is 0 Å². The van der Waals surface area contributed by atoms with Gasteiger partial charge in [0.15, 0.2) is 5.96 Å². The molecule has 0 spiro atoms. The molecule has 1 aromatic carbocycles. The molecule has 0 radical (unpaired) electrons. The number of rotatable bonds is 12. The number of ether oxygens (including phenoxy) is 2. The zero-order valence-electron chi connectivity index (χ0n) is 19.3. The lowest BCUT2D eigenvalue weighted by atomic mass is 10.2. The minimum absolute atomic E-state index is 0.595. The van der Waals surface area contributed by atoms with E-state index in [0.717, 1.165) is 83.6 Å². The van der Waals surface area contributed by atoms with Crippen molar-refractivity contribution in [3.05, 3.63) is 24.3 Å². The monoisotopic (exact) mass is 419 g/mol. The van der Waals surface area contributed by atoms with Gasteiger partial charge in [0.25, 0.3) is 0 Å². The Morgan fingerprint density at radius 3 is 2.30 bits per heavy atom. The lowest BCUT2D eigenvalue weighted by Crippen LogP contribution is -2.47. The molecular formula is C23H41N5O2. The Balaban J connectivity index is 1.53. The summed E-state index contributed by atoms with van der Waals surface area (Å²) in [6.45, 7) is 13.3. The molecule has 170 valence electrons. The number of piperazine rings is 1. The standard InChI is InChI=1S/C23H41N5O2/c1-20(2)19-30-18-6-12-26-23(24-3)25-11-5-13-27-14-16-28(17-15-27)21-7-9-22(29-4)10-8-21/h7-10,20H,5-6,11-19H2,1-4H3,(H2,24,25,26). The summed E-state index contributed by atoms with van der Waals surface area (Å²) in [5.41, 5.74) is 1.28. The highest BCUT2D eigenvalue weighted by molar-refractivity contribution is 5.79. The average Bonchev–Trinajstić information content (AvgIpc) is 2.77. The SMILES string of the molecule is CN=C(NCCCOCC(C)C)NCCCN1CCN(c2ccc(OC)cc2)CC1. The van der Waals surface area contributed by atoms with Gasteiger partial charge in [-0.2, -0.15) is 0 Å². The summed E-state index contributed by atoms with van der Waals surface area (Å²) in [6.07, 6.45) is 2.10. The second-order valence-electron chi connectivity index (χ2n) is 8.13. The zero-order chi connectivity index (χ0) is 21.6. The van der Waals surface area contributed by atoms with Gasteiger partial charge < -0.3 is 25.0 Å². The first-order valence-corrected chi connectivity index (χ1v) is 11.3. The van der Waals surface area contributed by atoms with E-state index >= 15 is 0 Å². The molecule has 7 nitrogen and oxygen atoms in total. The summed E-state index contributed by atoms with van der Waals surface area (Å²) in [7, 11) is 3.53. The first-order chi connectivity index (χ1) is 14.6. The summed E-state index contributed by atoms with van der Waals surface area (Å²) in [4.78, 5) is 9.29. The number of benzene rings is 1. The maximum absolute atomic E-state index is 5.61. The number of anilines is 1. The van der Waals surface area contributed by atoms with Gasteiger partial charge in [0.1, 0.15) is 5.75 Å². The highest BCUT2D eigenvalue weighted by atomic mass is 16.5. The molecule has 0 unspecified atom stereocenters. The molecule has 2 N–H and O–H groups in total. The van der Waals surface area contributed by atoms with E-state index in [2.05, 4.69) is 51.4 Å². The van der Waals surface area contributed by atoms with E-state index in [-0.39, 0.29) is 0 Å². The van der Waals surface area contributed by atoms with Crippen LogP contribution in [0.3, 0.4) is 0 Å². The minimum Gasteiger partial charge on any atom is -0.497 e. The largest absolute Gasteiger partial charge is 0.497 e. The fraction of sp³-hybridized carbons (Fsp3) is 0.696. The summed E-state index contributed by atoms with van der Waals surface area (Å²) >= 11 is 0. The normalized spacial score (nSPS) is 15.5. The van der Waals surface area contributed by atoms with Crippen molar-refractivity contribution >= 4 is 11.6 Å². The van der Waals surface area contributed by atoms with Crippen LogP contribution in [0.5, 0.6) is 5.75 Å². The zero-order valence-corrected chi connectivity index (χ0v) is 19.3. The molecule has 0 aromatic heterocycles. The van der Waals surface area contributed by atoms with Gasteiger partial charge >= 0.3 is 0 Å². The number of nitrogens with zero attached hydrogens (tertiary/aromatic N) is 3. The summed E-state index contributed by atoms with van der Waals surface area (Å²) in [5.74, 6) is 2.38. The molecule has 1 fully saturated rings. The van der Waals surface area contributed by atoms with Gasteiger partial charge in [-0.3, -0.25) is 9.89 Å². The Morgan fingerprint density at radius 1 is 1.03 bits per heavy atom. The lowest BCUT2D eigenvalue weighted by Gasteiger charge is -2.36. The van der Waals surface area contributed by atoms with Gasteiger partial charge in [-0.25, -0.2) is 0 Å². The number of hydrogen-bond acceptors (Lipinski definition) is 5. The maximum Gasteiger partial charge on any atom is 0.190 e. The third kappa shape index (κ3) is 9.22. The van der Waals surface area contributed by atoms with Crippen LogP contribution in [0.4, 0.5) is 5.69 Å². The molecular weight excluding hydrogens is 378 g/mol. The van der Waals surface area contributed by atoms with Crippen LogP contribution in [0.25, 0.3) is 0 Å². The van der Waals surface area contributed by atoms with E-state index in [0.29, 0.717) is 5.92 Å². The van der Waals surface area contributed by atoms with E-state index in [1.807, 2.05) is 19.2 Å². The third-order valence-electron chi connectivity index (χ3n) is 5.19. The summed E-state index contributed by atoms with van der Waals surface area (Å²) in [6, 6.07) is 8.36. The maximum atomic E-state index is 5.61. The molecule has 0 atom stereocenters. The van der Waals surface area contributed by atoms with Crippen molar-refractivity contribution in [1.82, 2.24) is 15.5 Å². The predicted octanol–water partition coefficient (Wildman–Crippen LogP) is 2.44. The average molecular weight is 420 g/mol. The molecule has 7 heteroatoms. The van der Waals surface area contributed by atoms with Crippen LogP contribution in [-0.4, -0.2) is 84.0 Å². The van der Waals surface area contributed by atoms with Gasteiger partial charge in [0.05, 0.1) is 7.11 Å². The quantitative estimate of drug-likeness (QED) is 0.308. The molecule has 1 aromatic rings. The van der Waals surface area contributed by atoms with Gasteiger partial charge in [-0.1, -0.05) is 13.8 Å². The van der Waals surface area contributed by atoms with Gasteiger partial charge in [0.2, 0.25) is 0 Å². The van der Waals surface area contributed by atoms with E-state index in [1.54, 1.807) is 7.11 Å². The van der Waals surface area contributed by atoms with Crippen LogP contribution in [0, 0.1) is 5.92 Å². The second-order valence-corrected chi connectivity index (χ2v) is 8.13. The van der Waals surface area contributed by atoms with Crippen LogP contribution >= 0.6 is 0 Å². The van der Waals surface area contributed by atoms with Crippen molar-refractivity contribution in [2.24, 2.45) is 10.9 Å². The molecule has 0 bridgehead atoms. The number of hydrogen-bond donors (Lipinski definition) is 2. The Bertz CT molecular complexity index is 598. The Hall–Kier alpha value is -1.99. The molecule has 1 aliphatic rings. The van der Waals surface area contributed by atoms with Crippen molar-refractivity contribution in [2.75, 3.05) is 78.1 Å². The highest BCUT2D eigenvalue weighted by Gasteiger charge is 2.16. The van der Waals surface area contributed by atoms with E-state index in [9.17, 15) is 0 Å². The van der Waals surface area contributed by atoms with Crippen LogP contribution < -0.4 is 20.3 Å². The second kappa shape index (κ2) is 14.1. The van der Waals surface area contributed by atoms with Gasteiger partial charge in [0, 0.05) is 65.2 Å². The number of nitrogens with one attached hydrogen (secondary N) is 2. The summed E-state index contributed by atoms with van der Waals surface area (Å²) < 4.78 is 10.9. The van der Waals surface area contributed by atoms with E-state index in [1.165, 1.54) is 5.69 Å². The minimum atomic E-state index is 0.595. The van der Waals surface area contributed by atoms with Crippen molar-refractivity contribution in [3.63, 3.8) is 0 Å². The molecule has 2 rings (SSSR count). The number of methoxy groups -OCH3 is 1. The van der Waals surface area contributed by atoms with Crippen molar-refractivity contribution in [3.8, 4) is 5.75 Å². The summed E-state index contributed by atoms with van der Waals surface area (Å²) in [5, 5.41) is 6.77. The van der Waals surface area contributed by atoms with E-state index < -0.39 is 0 Å². The van der Waals surface area contributed by atoms with Crippen molar-refractivity contribution in [1.29, 1.82) is 0 Å². The Labute approximate surface area is 182 Å². The molecule has 1 saturated heterocycles. The number of aliphatic imine (C=N–C) groups is 1. The Morgan fingerprint density at radius 2 is 1.70 bits per heavy atom. The van der Waals surface area contributed by atoms with Crippen LogP contribution in [0.15, 0.2) is 29.3 Å². The number of guanidine groups is 1. The fourth-order valence-electron chi connectivity index (χ4n) is 3.45. The van der Waals surface area contributed by atoms with Crippen molar-refractivity contribution < 1.29 is 9.47 Å². The smallest absolute Gasteiger partial charge is 0.190 e. The Kier molecular flexibility index (Phi) is 11.4. The molecule has 1 heterocycles. The highest BCUT2D eigenvalue weighted by Crippen LogP contribution is 2.20.